The summed E-state index contributed by atoms with van der Waals surface area (Å²) >= 11 is 0. The SMILES string of the molecule is CN1C=C(B2OC(C)(C)C(C)(C)O2)C=C(C(F)(F)F)C1O. The van der Waals surface area contributed by atoms with Crippen molar-refractivity contribution in [2.45, 2.75) is 51.3 Å². The standard InChI is InChI=1S/C13H19BF3NO3/c1-11(2)12(3,4)21-14(20-11)8-6-9(13(15,16)17)10(19)18(5)7-8/h6-7,10,19H,1-5H3. The molecule has 1 atom stereocenters. The van der Waals surface area contributed by atoms with Crippen molar-refractivity contribution in [3.63, 3.8) is 0 Å². The Hall–Kier alpha value is -0.985. The molecule has 118 valence electrons. The third-order valence-electron chi connectivity index (χ3n) is 4.19. The number of hydrogen-bond donors (Lipinski definition) is 1. The van der Waals surface area contributed by atoms with Crippen LogP contribution in [0.2, 0.25) is 0 Å². The number of hydrogen-bond acceptors (Lipinski definition) is 4. The number of aliphatic hydroxyl groups is 1. The molecule has 1 N–H and O–H groups in total. The fourth-order valence-electron chi connectivity index (χ4n) is 2.15. The molecule has 2 aliphatic rings. The van der Waals surface area contributed by atoms with Crippen LogP contribution in [0, 0.1) is 0 Å². The second-order valence-electron chi connectivity index (χ2n) is 6.35. The second kappa shape index (κ2) is 4.76. The predicted octanol–water partition coefficient (Wildman–Crippen LogP) is 2.25. The van der Waals surface area contributed by atoms with Gasteiger partial charge in [-0.3, -0.25) is 0 Å². The lowest BCUT2D eigenvalue weighted by atomic mass is 9.76. The highest BCUT2D eigenvalue weighted by atomic mass is 19.4. The van der Waals surface area contributed by atoms with E-state index in [0.717, 1.165) is 11.0 Å². The minimum atomic E-state index is -4.61. The summed E-state index contributed by atoms with van der Waals surface area (Å²) in [6, 6.07) is 0. The van der Waals surface area contributed by atoms with Crippen molar-refractivity contribution in [2.24, 2.45) is 0 Å². The van der Waals surface area contributed by atoms with E-state index in [2.05, 4.69) is 0 Å². The molecule has 0 aromatic rings. The molecule has 2 rings (SSSR count). The maximum Gasteiger partial charge on any atom is 0.496 e. The van der Waals surface area contributed by atoms with Gasteiger partial charge in [0.15, 0.2) is 6.23 Å². The highest BCUT2D eigenvalue weighted by Crippen LogP contribution is 2.41. The zero-order chi connectivity index (χ0) is 16.2. The van der Waals surface area contributed by atoms with E-state index in [1.54, 1.807) is 0 Å². The van der Waals surface area contributed by atoms with Crippen LogP contribution in [0.15, 0.2) is 23.3 Å². The van der Waals surface area contributed by atoms with Crippen molar-refractivity contribution in [1.82, 2.24) is 4.90 Å². The summed E-state index contributed by atoms with van der Waals surface area (Å²) in [7, 11) is 0.469. The zero-order valence-corrected chi connectivity index (χ0v) is 12.7. The van der Waals surface area contributed by atoms with Gasteiger partial charge in [0.25, 0.3) is 0 Å². The molecule has 4 nitrogen and oxygen atoms in total. The van der Waals surface area contributed by atoms with E-state index in [9.17, 15) is 18.3 Å². The normalized spacial score (nSPS) is 28.5. The van der Waals surface area contributed by atoms with E-state index in [0.29, 0.717) is 0 Å². The van der Waals surface area contributed by atoms with Gasteiger partial charge in [-0.15, -0.1) is 0 Å². The predicted molar refractivity (Wildman–Crippen MR) is 72.1 cm³/mol. The highest BCUT2D eigenvalue weighted by Gasteiger charge is 2.53. The summed E-state index contributed by atoms with van der Waals surface area (Å²) in [6.45, 7) is 7.29. The molecule has 2 heterocycles. The Morgan fingerprint density at radius 3 is 2.10 bits per heavy atom. The molecule has 0 aliphatic carbocycles. The molecule has 8 heteroatoms. The van der Waals surface area contributed by atoms with Crippen molar-refractivity contribution in [3.8, 4) is 0 Å². The molecule has 0 aromatic heterocycles. The van der Waals surface area contributed by atoms with Crippen LogP contribution in [0.1, 0.15) is 27.7 Å². The fraction of sp³-hybridized carbons (Fsp3) is 0.692. The Morgan fingerprint density at radius 1 is 1.19 bits per heavy atom. The molecule has 0 radical (unpaired) electrons. The van der Waals surface area contributed by atoms with Gasteiger partial charge in [0.2, 0.25) is 0 Å². The van der Waals surface area contributed by atoms with E-state index in [4.69, 9.17) is 9.31 Å². The fourth-order valence-corrected chi connectivity index (χ4v) is 2.15. The average Bonchev–Trinajstić information content (AvgIpc) is 2.50. The maximum absolute atomic E-state index is 13.0. The van der Waals surface area contributed by atoms with E-state index in [1.165, 1.54) is 13.2 Å². The quantitative estimate of drug-likeness (QED) is 0.755. The summed E-state index contributed by atoms with van der Waals surface area (Å²) in [4.78, 5) is 1.09. The highest BCUT2D eigenvalue weighted by molar-refractivity contribution is 6.55. The van der Waals surface area contributed by atoms with Crippen LogP contribution in [0.3, 0.4) is 0 Å². The number of halogens is 3. The first-order chi connectivity index (χ1) is 9.35. The molecule has 0 spiro atoms. The third kappa shape index (κ3) is 2.84. The molecule has 0 amide bonds. The Balaban J connectivity index is 2.33. The van der Waals surface area contributed by atoms with Crippen LogP contribution in [-0.2, 0) is 9.31 Å². The Labute approximate surface area is 122 Å². The Morgan fingerprint density at radius 2 is 1.67 bits per heavy atom. The zero-order valence-electron chi connectivity index (χ0n) is 12.7. The van der Waals surface area contributed by atoms with Crippen LogP contribution in [0.4, 0.5) is 13.2 Å². The number of rotatable bonds is 1. The molecule has 21 heavy (non-hydrogen) atoms. The minimum absolute atomic E-state index is 0.230. The summed E-state index contributed by atoms with van der Waals surface area (Å²) in [5.41, 5.74) is -2.08. The molecule has 1 fully saturated rings. The van der Waals surface area contributed by atoms with E-state index in [1.807, 2.05) is 27.7 Å². The van der Waals surface area contributed by atoms with Crippen LogP contribution in [-0.4, -0.2) is 47.8 Å². The van der Waals surface area contributed by atoms with Crippen molar-refractivity contribution in [1.29, 1.82) is 0 Å². The largest absolute Gasteiger partial charge is 0.496 e. The van der Waals surface area contributed by atoms with Crippen molar-refractivity contribution in [3.05, 3.63) is 23.3 Å². The monoisotopic (exact) mass is 305 g/mol. The molecule has 0 saturated carbocycles. The van der Waals surface area contributed by atoms with Crippen LogP contribution in [0.5, 0.6) is 0 Å². The van der Waals surface area contributed by atoms with Crippen molar-refractivity contribution >= 4 is 7.12 Å². The van der Waals surface area contributed by atoms with E-state index >= 15 is 0 Å². The summed E-state index contributed by atoms with van der Waals surface area (Å²) in [5.74, 6) is 0. The van der Waals surface area contributed by atoms with Crippen LogP contribution in [0.25, 0.3) is 0 Å². The number of likely N-dealkylation sites (N-methyl/N-ethyl adjacent to an activating group) is 1. The van der Waals surface area contributed by atoms with Gasteiger partial charge in [-0.2, -0.15) is 13.2 Å². The van der Waals surface area contributed by atoms with Gasteiger partial charge in [0.05, 0.1) is 16.8 Å². The molecular formula is C13H19BF3NO3. The summed E-state index contributed by atoms with van der Waals surface area (Å²) in [5, 5.41) is 9.65. The molecule has 0 bridgehead atoms. The molecule has 1 unspecified atom stereocenters. The number of alkyl halides is 3. The van der Waals surface area contributed by atoms with Crippen molar-refractivity contribution < 1.29 is 27.6 Å². The first kappa shape index (κ1) is 16.4. The average molecular weight is 305 g/mol. The van der Waals surface area contributed by atoms with E-state index in [-0.39, 0.29) is 5.47 Å². The number of aliphatic hydroxyl groups excluding tert-OH is 1. The van der Waals surface area contributed by atoms with Gasteiger partial charge in [-0.05, 0) is 39.2 Å². The molecular weight excluding hydrogens is 286 g/mol. The van der Waals surface area contributed by atoms with Gasteiger partial charge < -0.3 is 19.3 Å². The maximum atomic E-state index is 13.0. The number of nitrogens with zero attached hydrogens (tertiary/aromatic N) is 1. The van der Waals surface area contributed by atoms with Crippen molar-refractivity contribution in [2.75, 3.05) is 7.05 Å². The third-order valence-corrected chi connectivity index (χ3v) is 4.19. The molecule has 2 aliphatic heterocycles. The van der Waals surface area contributed by atoms with Crippen LogP contribution < -0.4 is 0 Å². The lowest BCUT2D eigenvalue weighted by Crippen LogP contribution is -2.41. The summed E-state index contributed by atoms with van der Waals surface area (Å²) < 4.78 is 50.4. The molecule has 1 saturated heterocycles. The van der Waals surface area contributed by atoms with Crippen LogP contribution >= 0.6 is 0 Å². The smallest absolute Gasteiger partial charge is 0.399 e. The lowest BCUT2D eigenvalue weighted by Gasteiger charge is -2.32. The Bertz CT molecular complexity index is 483. The lowest BCUT2D eigenvalue weighted by molar-refractivity contribution is -0.116. The summed E-state index contributed by atoms with van der Waals surface area (Å²) in [6.07, 6.45) is -4.04. The Kier molecular flexibility index (Phi) is 3.71. The van der Waals surface area contributed by atoms with Gasteiger partial charge in [-0.25, -0.2) is 0 Å². The van der Waals surface area contributed by atoms with Gasteiger partial charge in [0.1, 0.15) is 0 Å². The second-order valence-corrected chi connectivity index (χ2v) is 6.35. The molecule has 0 aromatic carbocycles. The minimum Gasteiger partial charge on any atom is -0.399 e. The van der Waals surface area contributed by atoms with Gasteiger partial charge >= 0.3 is 13.3 Å². The first-order valence-corrected chi connectivity index (χ1v) is 6.61. The van der Waals surface area contributed by atoms with E-state index < -0.39 is 36.3 Å². The number of allylic oxidation sites excluding steroid dienone is 2. The van der Waals surface area contributed by atoms with Gasteiger partial charge in [-0.1, -0.05) is 0 Å². The first-order valence-electron chi connectivity index (χ1n) is 6.61. The topological polar surface area (TPSA) is 41.9 Å². The van der Waals surface area contributed by atoms with Gasteiger partial charge in [0, 0.05) is 13.2 Å².